The van der Waals surface area contributed by atoms with Gasteiger partial charge in [-0.25, -0.2) is 9.78 Å². The fourth-order valence-electron chi connectivity index (χ4n) is 3.65. The summed E-state index contributed by atoms with van der Waals surface area (Å²) in [5.41, 5.74) is 12.0. The third kappa shape index (κ3) is 10.9. The van der Waals surface area contributed by atoms with Gasteiger partial charge < -0.3 is 42.6 Å². The molecule has 0 aliphatic carbocycles. The maximum atomic E-state index is 13.3. The number of aromatic hydroxyl groups is 1. The molecule has 4 amide bonds. The summed E-state index contributed by atoms with van der Waals surface area (Å²) in [6, 6.07) is 1.21. The normalized spacial score (nSPS) is 13.8. The van der Waals surface area contributed by atoms with Gasteiger partial charge in [-0.05, 0) is 42.5 Å². The monoisotopic (exact) mass is 577 g/mol. The molecule has 0 spiro atoms. The Morgan fingerprint density at radius 1 is 0.950 bits per heavy atom. The molecule has 10 N–H and O–H groups in total. The number of hydrogen-bond donors (Lipinski definition) is 8. The second-order valence-corrected chi connectivity index (χ2v) is 10.1. The van der Waals surface area contributed by atoms with Crippen LogP contribution in [0, 0.1) is 0 Å². The van der Waals surface area contributed by atoms with E-state index in [4.69, 9.17) is 11.5 Å². The van der Waals surface area contributed by atoms with Crippen molar-refractivity contribution < 1.29 is 34.2 Å². The minimum atomic E-state index is -1.33. The SMILES string of the molecule is CSCCC(NC(=O)C(N)CCC(N)=O)C(=O)NC(Cc1cnc[nH]1)C(=O)NC(Cc1ccc(O)cc1)C(=O)O. The number of rotatable bonds is 17. The second kappa shape index (κ2) is 16.1. The molecule has 0 aliphatic heterocycles. The molecule has 0 aliphatic rings. The molecule has 1 heterocycles. The zero-order valence-corrected chi connectivity index (χ0v) is 22.8. The number of phenols is 1. The van der Waals surface area contributed by atoms with Gasteiger partial charge >= 0.3 is 5.97 Å². The zero-order valence-electron chi connectivity index (χ0n) is 22.0. The lowest BCUT2D eigenvalue weighted by Crippen LogP contribution is -2.58. The Labute approximate surface area is 235 Å². The number of primary amides is 1. The number of hydrogen-bond acceptors (Lipinski definition) is 9. The van der Waals surface area contributed by atoms with Crippen LogP contribution in [0.15, 0.2) is 36.8 Å². The Hall–Kier alpha value is -4.11. The summed E-state index contributed by atoms with van der Waals surface area (Å²) < 4.78 is 0. The molecule has 0 saturated heterocycles. The average molecular weight is 578 g/mol. The van der Waals surface area contributed by atoms with E-state index < -0.39 is 53.8 Å². The number of aromatic amines is 1. The van der Waals surface area contributed by atoms with Crippen LogP contribution in [0.4, 0.5) is 0 Å². The molecular weight excluding hydrogens is 542 g/mol. The average Bonchev–Trinajstić information content (AvgIpc) is 3.42. The number of amides is 4. The largest absolute Gasteiger partial charge is 0.508 e. The van der Waals surface area contributed by atoms with Gasteiger partial charge in [0, 0.05) is 31.2 Å². The first-order valence-electron chi connectivity index (χ1n) is 12.4. The van der Waals surface area contributed by atoms with Crippen molar-refractivity contribution in [3.8, 4) is 5.75 Å². The molecule has 4 atom stereocenters. The number of nitrogens with two attached hydrogens (primary N) is 2. The molecule has 1 aromatic carbocycles. The highest BCUT2D eigenvalue weighted by molar-refractivity contribution is 7.98. The minimum absolute atomic E-state index is 0.000493. The summed E-state index contributed by atoms with van der Waals surface area (Å²) in [4.78, 5) is 68.8. The molecule has 40 heavy (non-hydrogen) atoms. The number of carboxylic acids is 1. The maximum absolute atomic E-state index is 13.3. The van der Waals surface area contributed by atoms with E-state index in [1.807, 2.05) is 6.26 Å². The third-order valence-electron chi connectivity index (χ3n) is 5.88. The Balaban J connectivity index is 2.18. The highest BCUT2D eigenvalue weighted by Gasteiger charge is 2.31. The van der Waals surface area contributed by atoms with E-state index in [1.165, 1.54) is 48.6 Å². The number of aromatic nitrogens is 2. The van der Waals surface area contributed by atoms with Gasteiger partial charge in [0.15, 0.2) is 0 Å². The predicted molar refractivity (Wildman–Crippen MR) is 147 cm³/mol. The third-order valence-corrected chi connectivity index (χ3v) is 6.53. The standard InChI is InChI=1S/C25H35N7O7S/c1-40-9-8-18(30-22(35)17(26)6-7-21(27)34)23(36)31-19(11-15-12-28-13-29-15)24(37)32-20(25(38)39)10-14-2-4-16(33)5-3-14/h2-5,12-13,17-20,33H,6-11,26H2,1H3,(H2,27,34)(H,28,29)(H,30,35)(H,31,36)(H,32,37)(H,38,39). The lowest BCUT2D eigenvalue weighted by molar-refractivity contribution is -0.142. The molecule has 2 aromatic rings. The van der Waals surface area contributed by atoms with Crippen LogP contribution in [0.2, 0.25) is 0 Å². The van der Waals surface area contributed by atoms with E-state index >= 15 is 0 Å². The van der Waals surface area contributed by atoms with Gasteiger partial charge in [-0.15, -0.1) is 0 Å². The van der Waals surface area contributed by atoms with Crippen LogP contribution in [0.1, 0.15) is 30.5 Å². The summed E-state index contributed by atoms with van der Waals surface area (Å²) >= 11 is 1.44. The van der Waals surface area contributed by atoms with Gasteiger partial charge in [-0.2, -0.15) is 11.8 Å². The van der Waals surface area contributed by atoms with Crippen LogP contribution in [-0.2, 0) is 36.8 Å². The van der Waals surface area contributed by atoms with E-state index in [0.717, 1.165) is 0 Å². The predicted octanol–water partition coefficient (Wildman–Crippen LogP) is -1.21. The van der Waals surface area contributed by atoms with Gasteiger partial charge in [0.2, 0.25) is 23.6 Å². The van der Waals surface area contributed by atoms with Gasteiger partial charge in [0.25, 0.3) is 0 Å². The fraction of sp³-hybridized carbons (Fsp3) is 0.440. The Morgan fingerprint density at radius 2 is 1.57 bits per heavy atom. The highest BCUT2D eigenvalue weighted by atomic mass is 32.2. The number of benzene rings is 1. The Bertz CT molecular complexity index is 1140. The number of nitrogens with one attached hydrogen (secondary N) is 4. The Kier molecular flexibility index (Phi) is 12.9. The van der Waals surface area contributed by atoms with Crippen LogP contribution in [0.25, 0.3) is 0 Å². The summed E-state index contributed by atoms with van der Waals surface area (Å²) in [6.45, 7) is 0. The van der Waals surface area contributed by atoms with Gasteiger partial charge in [-0.1, -0.05) is 12.1 Å². The van der Waals surface area contributed by atoms with Crippen molar-refractivity contribution in [2.45, 2.75) is 56.3 Å². The van der Waals surface area contributed by atoms with Crippen molar-refractivity contribution in [2.75, 3.05) is 12.0 Å². The smallest absolute Gasteiger partial charge is 0.326 e. The number of carbonyl (C=O) groups is 5. The number of H-pyrrole nitrogens is 1. The van der Waals surface area contributed by atoms with Gasteiger partial charge in [0.05, 0.1) is 12.4 Å². The van der Waals surface area contributed by atoms with Crippen LogP contribution >= 0.6 is 11.8 Å². The maximum Gasteiger partial charge on any atom is 0.326 e. The van der Waals surface area contributed by atoms with Crippen molar-refractivity contribution in [1.82, 2.24) is 25.9 Å². The summed E-state index contributed by atoms with van der Waals surface area (Å²) in [5, 5.41) is 26.8. The molecule has 0 bridgehead atoms. The lowest BCUT2D eigenvalue weighted by atomic mass is 10.0. The molecule has 0 radical (unpaired) electrons. The molecule has 2 rings (SSSR count). The first-order valence-corrected chi connectivity index (χ1v) is 13.8. The second-order valence-electron chi connectivity index (χ2n) is 9.07. The van der Waals surface area contributed by atoms with Crippen LogP contribution in [0.5, 0.6) is 5.75 Å². The first kappa shape index (κ1) is 32.1. The van der Waals surface area contributed by atoms with Crippen LogP contribution in [-0.4, -0.2) is 86.0 Å². The van der Waals surface area contributed by atoms with Crippen molar-refractivity contribution in [3.63, 3.8) is 0 Å². The van der Waals surface area contributed by atoms with Crippen LogP contribution in [0.3, 0.4) is 0 Å². The van der Waals surface area contributed by atoms with Crippen molar-refractivity contribution in [2.24, 2.45) is 11.5 Å². The molecule has 15 heteroatoms. The topological polar surface area (TPSA) is 243 Å². The zero-order chi connectivity index (χ0) is 29.7. The molecular formula is C25H35N7O7S. The Morgan fingerprint density at radius 3 is 2.15 bits per heavy atom. The highest BCUT2D eigenvalue weighted by Crippen LogP contribution is 2.12. The number of imidazole rings is 1. The molecule has 218 valence electrons. The molecule has 4 unspecified atom stereocenters. The van der Waals surface area contributed by atoms with E-state index in [9.17, 15) is 34.2 Å². The quantitative estimate of drug-likeness (QED) is 0.111. The van der Waals surface area contributed by atoms with Gasteiger partial charge in [-0.3, -0.25) is 19.2 Å². The molecule has 0 saturated carbocycles. The fourth-order valence-corrected chi connectivity index (χ4v) is 4.12. The van der Waals surface area contributed by atoms with Crippen molar-refractivity contribution >= 4 is 41.4 Å². The number of carbonyl (C=O) groups excluding carboxylic acids is 4. The van der Waals surface area contributed by atoms with E-state index in [2.05, 4.69) is 25.9 Å². The summed E-state index contributed by atoms with van der Waals surface area (Å²) in [7, 11) is 0. The van der Waals surface area contributed by atoms with Crippen molar-refractivity contribution in [1.29, 1.82) is 0 Å². The molecule has 0 fully saturated rings. The summed E-state index contributed by atoms with van der Waals surface area (Å²) in [5.74, 6) is -3.48. The lowest BCUT2D eigenvalue weighted by Gasteiger charge is -2.25. The molecule has 14 nitrogen and oxygen atoms in total. The number of thioether (sulfide) groups is 1. The first-order chi connectivity index (χ1) is 19.0. The van der Waals surface area contributed by atoms with E-state index in [-0.39, 0.29) is 37.9 Å². The van der Waals surface area contributed by atoms with Crippen LogP contribution < -0.4 is 27.4 Å². The number of aliphatic carboxylic acids is 1. The minimum Gasteiger partial charge on any atom is -0.508 e. The molecule has 1 aromatic heterocycles. The number of carboxylic acid groups (broad SMARTS) is 1. The van der Waals surface area contributed by atoms with E-state index in [0.29, 0.717) is 17.0 Å². The van der Waals surface area contributed by atoms with Gasteiger partial charge in [0.1, 0.15) is 23.9 Å². The van der Waals surface area contributed by atoms with Crippen molar-refractivity contribution in [3.05, 3.63) is 48.0 Å². The van der Waals surface area contributed by atoms with E-state index in [1.54, 1.807) is 0 Å². The number of nitrogens with zero attached hydrogens (tertiary/aromatic N) is 1. The summed E-state index contributed by atoms with van der Waals surface area (Å²) in [6.07, 6.45) is 4.70. The number of phenolic OH excluding ortho intramolecular Hbond substituents is 1.